The number of carboxylic acids is 1. The van der Waals surface area contributed by atoms with Crippen LogP contribution in [0, 0.1) is 55.4 Å². The number of aryl methyl sites for hydroxylation is 1. The van der Waals surface area contributed by atoms with Crippen LogP contribution in [0.25, 0.3) is 0 Å². The van der Waals surface area contributed by atoms with Crippen LogP contribution in [0.15, 0.2) is 34.5 Å². The minimum atomic E-state index is -2.43. The number of ether oxygens (including phenoxy) is 4. The molecule has 0 fully saturated rings. The molecule has 4 rings (SSSR count). The first kappa shape index (κ1) is 39.5. The number of allylic oxidation sites excluding steroid dienone is 2. The molecule has 0 aromatic heterocycles. The number of carbonyl (C=O) groups excluding carboxylic acids is 4. The van der Waals surface area contributed by atoms with Gasteiger partial charge in [0, 0.05) is 6.08 Å². The Morgan fingerprint density at radius 2 is 1.27 bits per heavy atom. The molecule has 1 aliphatic rings. The highest BCUT2D eigenvalue weighted by Gasteiger charge is 2.44. The summed E-state index contributed by atoms with van der Waals surface area (Å²) < 4.78 is 22.1. The number of hydrogen-bond acceptors (Lipinski definition) is 11. The summed E-state index contributed by atoms with van der Waals surface area (Å²) in [5, 5.41) is 31.9. The lowest BCUT2D eigenvalue weighted by Crippen LogP contribution is -2.44. The van der Waals surface area contributed by atoms with Gasteiger partial charge in [-0.15, -0.1) is 0 Å². The van der Waals surface area contributed by atoms with Crippen molar-refractivity contribution in [3.8, 4) is 23.0 Å². The number of phenols is 1. The molecule has 1 aliphatic carbocycles. The molecule has 3 aromatic carbocycles. The Balaban J connectivity index is 1.68. The summed E-state index contributed by atoms with van der Waals surface area (Å²) in [5.74, 6) is -5.15. The largest absolute Gasteiger partial charge is 0.506 e. The van der Waals surface area contributed by atoms with E-state index in [9.17, 15) is 39.3 Å². The quantitative estimate of drug-likeness (QED) is 0.156. The van der Waals surface area contributed by atoms with E-state index in [1.54, 1.807) is 47.6 Å². The number of aromatic hydroxyl groups is 1. The Labute approximate surface area is 308 Å². The van der Waals surface area contributed by atoms with E-state index in [4.69, 9.17) is 18.9 Å². The van der Waals surface area contributed by atoms with Crippen LogP contribution in [0.1, 0.15) is 88.1 Å². The number of methoxy groups -OCH3 is 1. The number of ketones is 1. The molecule has 0 radical (unpaired) electrons. The average Bonchev–Trinajstić information content (AvgIpc) is 3.09. The van der Waals surface area contributed by atoms with Crippen LogP contribution in [-0.4, -0.2) is 57.7 Å². The van der Waals surface area contributed by atoms with Gasteiger partial charge >= 0.3 is 23.9 Å². The molecule has 274 valence electrons. The highest BCUT2D eigenvalue weighted by atomic mass is 79.9. The first-order valence-corrected chi connectivity index (χ1v) is 16.9. The Hall–Kier alpha value is -5.27. The number of hydrogen-bond donors (Lipinski definition) is 3. The third kappa shape index (κ3) is 6.73. The van der Waals surface area contributed by atoms with E-state index in [2.05, 4.69) is 15.9 Å². The Bertz CT molecular complexity index is 2100. The molecule has 0 aliphatic heterocycles. The fraction of sp³-hybridized carbons (Fsp3) is 0.308. The number of rotatable bonds is 9. The number of carboxylic acid groups (broad SMARTS) is 1. The lowest BCUT2D eigenvalue weighted by atomic mass is 9.92. The van der Waals surface area contributed by atoms with Gasteiger partial charge in [-0.2, -0.15) is 0 Å². The molecule has 0 heterocycles. The van der Waals surface area contributed by atoms with Gasteiger partial charge < -0.3 is 34.3 Å². The zero-order valence-corrected chi connectivity index (χ0v) is 32.0. The second-order valence-electron chi connectivity index (χ2n) is 12.5. The van der Waals surface area contributed by atoms with Crippen molar-refractivity contribution in [3.63, 3.8) is 0 Å². The van der Waals surface area contributed by atoms with Crippen molar-refractivity contribution in [2.24, 2.45) is 0 Å². The van der Waals surface area contributed by atoms with Crippen molar-refractivity contribution in [2.75, 3.05) is 7.11 Å². The third-order valence-corrected chi connectivity index (χ3v) is 10.4. The van der Waals surface area contributed by atoms with Gasteiger partial charge in [0.15, 0.2) is 11.5 Å². The van der Waals surface area contributed by atoms with E-state index in [1.165, 1.54) is 21.0 Å². The van der Waals surface area contributed by atoms with Crippen LogP contribution in [0.3, 0.4) is 0 Å². The fourth-order valence-electron chi connectivity index (χ4n) is 6.08. The molecule has 0 bridgehead atoms. The number of carbonyl (C=O) groups is 5. The van der Waals surface area contributed by atoms with Crippen molar-refractivity contribution in [2.45, 2.75) is 74.3 Å². The van der Waals surface area contributed by atoms with E-state index in [1.807, 2.05) is 6.92 Å². The molecule has 0 saturated carbocycles. The fourth-order valence-corrected chi connectivity index (χ4v) is 6.66. The van der Waals surface area contributed by atoms with Gasteiger partial charge in [0.05, 0.1) is 18.2 Å². The zero-order chi connectivity index (χ0) is 39.1. The molecule has 3 N–H and O–H groups in total. The van der Waals surface area contributed by atoms with Crippen LogP contribution in [0.5, 0.6) is 23.0 Å². The maximum Gasteiger partial charge on any atom is 0.355 e. The number of aromatic carboxylic acids is 1. The monoisotopic (exact) mass is 778 g/mol. The summed E-state index contributed by atoms with van der Waals surface area (Å²) in [4.78, 5) is 64.2. The van der Waals surface area contributed by atoms with Gasteiger partial charge in [-0.1, -0.05) is 6.92 Å². The molecule has 52 heavy (non-hydrogen) atoms. The first-order chi connectivity index (χ1) is 24.2. The molecule has 0 saturated heterocycles. The lowest BCUT2D eigenvalue weighted by molar-refractivity contribution is -0.150. The average molecular weight is 780 g/mol. The molecular formula is C39H39BrO12. The zero-order valence-electron chi connectivity index (χ0n) is 30.4. The van der Waals surface area contributed by atoms with Crippen LogP contribution in [0.2, 0.25) is 0 Å². The second kappa shape index (κ2) is 14.8. The number of halogens is 1. The lowest BCUT2D eigenvalue weighted by Gasteiger charge is -2.27. The molecule has 12 nitrogen and oxygen atoms in total. The SMILES string of the molecule is CCc1cc(OC(=O)c2c(C)c(C)c(OC(=O)[C@@]3(O)C=CC(=O)C=C3OC)c(Br)c2O)c(C)c(C)c1C(=O)Oc1c(C)c(C)c(C(=O)O)c(C)c1C. The maximum absolute atomic E-state index is 13.7. The van der Waals surface area contributed by atoms with E-state index in [0.29, 0.717) is 45.4 Å². The molecular weight excluding hydrogens is 740 g/mol. The van der Waals surface area contributed by atoms with Crippen molar-refractivity contribution in [1.29, 1.82) is 0 Å². The van der Waals surface area contributed by atoms with Crippen LogP contribution >= 0.6 is 15.9 Å². The van der Waals surface area contributed by atoms with Crippen LogP contribution < -0.4 is 14.2 Å². The Kier molecular flexibility index (Phi) is 11.2. The predicted molar refractivity (Wildman–Crippen MR) is 193 cm³/mol. The number of phenolic OH excluding ortho intramolecular Hbond substituents is 1. The van der Waals surface area contributed by atoms with Crippen LogP contribution in [0.4, 0.5) is 0 Å². The molecule has 0 unspecified atom stereocenters. The van der Waals surface area contributed by atoms with Crippen molar-refractivity contribution < 1.29 is 58.2 Å². The second-order valence-corrected chi connectivity index (χ2v) is 13.3. The van der Waals surface area contributed by atoms with Crippen molar-refractivity contribution in [3.05, 3.63) is 101 Å². The summed E-state index contributed by atoms with van der Waals surface area (Å²) >= 11 is 3.20. The first-order valence-electron chi connectivity index (χ1n) is 16.1. The normalized spacial score (nSPS) is 15.2. The van der Waals surface area contributed by atoms with Gasteiger partial charge in [0.1, 0.15) is 33.0 Å². The van der Waals surface area contributed by atoms with E-state index >= 15 is 0 Å². The number of esters is 3. The van der Waals surface area contributed by atoms with Crippen molar-refractivity contribution >= 4 is 45.6 Å². The summed E-state index contributed by atoms with van der Waals surface area (Å²) in [7, 11) is 1.17. The highest BCUT2D eigenvalue weighted by molar-refractivity contribution is 9.10. The maximum atomic E-state index is 13.7. The highest BCUT2D eigenvalue weighted by Crippen LogP contribution is 2.44. The van der Waals surface area contributed by atoms with Crippen LogP contribution in [-0.2, 0) is 20.7 Å². The summed E-state index contributed by atoms with van der Waals surface area (Å²) in [5.41, 5.74) is 1.71. The van der Waals surface area contributed by atoms with Gasteiger partial charge in [0.25, 0.3) is 0 Å². The molecule has 13 heteroatoms. The van der Waals surface area contributed by atoms with Crippen molar-refractivity contribution in [1.82, 2.24) is 0 Å². The molecule has 1 atom stereocenters. The van der Waals surface area contributed by atoms with E-state index in [0.717, 1.165) is 18.2 Å². The Morgan fingerprint density at radius 3 is 1.81 bits per heavy atom. The topological polar surface area (TPSA) is 183 Å². The summed E-state index contributed by atoms with van der Waals surface area (Å²) in [6, 6.07) is 1.55. The standard InChI is InChI=1S/C39H39BrO12/c1-11-24-14-26(16(2)17(3)29(24)36(45)51-33-21(7)18(4)28(35(43)44)19(5)22(33)8)50-37(46)30-20(6)23(9)34(31(40)32(30)42)52-38(47)39(48)13-12-25(41)15-27(39)49-10/h12-15,42,48H,11H2,1-10H3,(H,43,44)/t39-/m1/s1. The van der Waals surface area contributed by atoms with Gasteiger partial charge in [0.2, 0.25) is 5.60 Å². The third-order valence-electron chi connectivity index (χ3n) is 9.68. The minimum Gasteiger partial charge on any atom is -0.506 e. The summed E-state index contributed by atoms with van der Waals surface area (Å²) in [6.45, 7) is 14.9. The molecule has 0 amide bonds. The number of aliphatic hydroxyl groups is 1. The van der Waals surface area contributed by atoms with Gasteiger partial charge in [-0.25, -0.2) is 19.2 Å². The smallest absolute Gasteiger partial charge is 0.355 e. The molecule has 0 spiro atoms. The van der Waals surface area contributed by atoms with Gasteiger partial charge in [-0.3, -0.25) is 4.79 Å². The minimum absolute atomic E-state index is 0.128. The van der Waals surface area contributed by atoms with Gasteiger partial charge in [-0.05, 0) is 146 Å². The summed E-state index contributed by atoms with van der Waals surface area (Å²) in [6.07, 6.45) is 3.22. The van der Waals surface area contributed by atoms with E-state index in [-0.39, 0.29) is 55.3 Å². The molecule has 3 aromatic rings. The number of benzene rings is 3. The predicted octanol–water partition coefficient (Wildman–Crippen LogP) is 6.63. The van der Waals surface area contributed by atoms with E-state index < -0.39 is 41.0 Å². The Morgan fingerprint density at radius 1 is 0.750 bits per heavy atom.